The summed E-state index contributed by atoms with van der Waals surface area (Å²) in [5, 5.41) is 51.1. The minimum absolute atomic E-state index is 0.0670. The maximum Gasteiger partial charge on any atom is 0.253 e. The van der Waals surface area contributed by atoms with Gasteiger partial charge in [-0.05, 0) is 57.7 Å². The molecule has 3 amide bonds. The van der Waals surface area contributed by atoms with Gasteiger partial charge in [0.05, 0.1) is 45.8 Å². The van der Waals surface area contributed by atoms with E-state index in [1.54, 1.807) is 6.92 Å². The molecule has 1 rings (SSSR count). The van der Waals surface area contributed by atoms with Crippen LogP contribution in [-0.2, 0) is 4.79 Å². The van der Waals surface area contributed by atoms with Gasteiger partial charge in [-0.1, -0.05) is 0 Å². The van der Waals surface area contributed by atoms with Crippen molar-refractivity contribution in [3.63, 3.8) is 0 Å². The number of likely N-dealkylation sites (N-methyl/N-ethyl adjacent to an activating group) is 1. The summed E-state index contributed by atoms with van der Waals surface area (Å²) in [6, 6.07) is 0. The van der Waals surface area contributed by atoms with Crippen molar-refractivity contribution in [3.8, 4) is 0 Å². The smallest absolute Gasteiger partial charge is 0.253 e. The molecule has 0 fully saturated rings. The van der Waals surface area contributed by atoms with Crippen LogP contribution in [0.2, 0.25) is 0 Å². The molecule has 0 aliphatic rings. The summed E-state index contributed by atoms with van der Waals surface area (Å²) in [7, 11) is 1.39. The van der Waals surface area contributed by atoms with Crippen molar-refractivity contribution in [1.82, 2.24) is 10.6 Å². The zero-order valence-corrected chi connectivity index (χ0v) is 21.2. The van der Waals surface area contributed by atoms with E-state index in [1.165, 1.54) is 7.05 Å². The Morgan fingerprint density at radius 2 is 1.35 bits per heavy atom. The highest BCUT2D eigenvalue weighted by molar-refractivity contribution is 14.1. The van der Waals surface area contributed by atoms with E-state index < -0.39 is 49.8 Å². The molecule has 7 N–H and O–H groups in total. The minimum atomic E-state index is -1.18. The molecule has 174 valence electrons. The summed E-state index contributed by atoms with van der Waals surface area (Å²) >= 11 is 3.68. The number of halogens is 2. The molecule has 31 heavy (non-hydrogen) atoms. The molecule has 0 heterocycles. The molecule has 0 saturated carbocycles. The number of aliphatic hydroxyl groups excluding tert-OH is 5. The number of hydrogen-bond donors (Lipinski definition) is 7. The van der Waals surface area contributed by atoms with E-state index >= 15 is 0 Å². The molecule has 0 aliphatic carbocycles. The molecule has 0 aliphatic heterocycles. The zero-order valence-electron chi connectivity index (χ0n) is 16.9. The number of rotatable bonds is 10. The van der Waals surface area contributed by atoms with E-state index in [1.807, 2.05) is 45.2 Å². The fraction of sp³-hybridized carbons (Fsp3) is 0.500. The van der Waals surface area contributed by atoms with Gasteiger partial charge in [0.1, 0.15) is 6.61 Å². The lowest BCUT2D eigenvalue weighted by atomic mass is 10.00. The van der Waals surface area contributed by atoms with Crippen LogP contribution in [0.25, 0.3) is 0 Å². The summed E-state index contributed by atoms with van der Waals surface area (Å²) in [4.78, 5) is 38.9. The van der Waals surface area contributed by atoms with Crippen molar-refractivity contribution in [2.45, 2.75) is 19.1 Å². The van der Waals surface area contributed by atoms with Crippen molar-refractivity contribution in [2.75, 3.05) is 44.9 Å². The highest BCUT2D eigenvalue weighted by atomic mass is 127. The number of hydrogen-bond acceptors (Lipinski definition) is 8. The van der Waals surface area contributed by atoms with Crippen LogP contribution >= 0.6 is 45.2 Å². The molecule has 0 radical (unpaired) electrons. The maximum atomic E-state index is 12.9. The molecule has 2 unspecified atom stereocenters. The monoisotopic (exact) mass is 665 g/mol. The number of anilines is 1. The van der Waals surface area contributed by atoms with Crippen LogP contribution in [0.1, 0.15) is 26.3 Å². The van der Waals surface area contributed by atoms with Gasteiger partial charge >= 0.3 is 0 Å². The van der Waals surface area contributed by atoms with Gasteiger partial charge in [0.25, 0.3) is 17.7 Å². The molecule has 0 aromatic heterocycles. The fourth-order valence-electron chi connectivity index (χ4n) is 2.61. The van der Waals surface area contributed by atoms with E-state index in [-0.39, 0.29) is 33.5 Å². The molecular weight excluding hydrogens is 640 g/mol. The lowest BCUT2D eigenvalue weighted by Gasteiger charge is -2.25. The number of carbonyl (C=O) groups excluding carboxylic acids is 3. The predicted octanol–water partition coefficient (Wildman–Crippen LogP) is -1.67. The van der Waals surface area contributed by atoms with E-state index in [9.17, 15) is 29.7 Å². The number of carbonyl (C=O) groups is 3. The highest BCUT2D eigenvalue weighted by Gasteiger charge is 2.30. The van der Waals surface area contributed by atoms with Gasteiger partial charge in [-0.3, -0.25) is 14.4 Å². The van der Waals surface area contributed by atoms with E-state index in [2.05, 4.69) is 10.6 Å². The first-order chi connectivity index (χ1) is 14.5. The molecular formula is C18H25I2N3O8. The molecule has 1 aromatic carbocycles. The van der Waals surface area contributed by atoms with Crippen molar-refractivity contribution in [2.24, 2.45) is 0 Å². The second kappa shape index (κ2) is 12.8. The number of nitrogens with zero attached hydrogens (tertiary/aromatic N) is 1. The van der Waals surface area contributed by atoms with Crippen LogP contribution in [0.3, 0.4) is 0 Å². The van der Waals surface area contributed by atoms with Crippen molar-refractivity contribution in [3.05, 3.63) is 23.8 Å². The van der Waals surface area contributed by atoms with Crippen LogP contribution in [0.4, 0.5) is 5.69 Å². The number of nitrogens with one attached hydrogen (secondary N) is 2. The summed E-state index contributed by atoms with van der Waals surface area (Å²) in [5.74, 6) is -1.94. The SMILES string of the molecule is Cc1c(C(=O)NCC(O)CO)c(I)c(C(=O)NCC(O)CO)c(I)c1N(C)C(=O)CO. The van der Waals surface area contributed by atoms with Crippen LogP contribution < -0.4 is 15.5 Å². The Morgan fingerprint density at radius 3 is 1.77 bits per heavy atom. The quantitative estimate of drug-likeness (QED) is 0.145. The Balaban J connectivity index is 3.59. The Morgan fingerprint density at radius 1 is 0.903 bits per heavy atom. The number of benzene rings is 1. The third-order valence-corrected chi connectivity index (χ3v) is 6.44. The Bertz CT molecular complexity index is 784. The molecule has 11 nitrogen and oxygen atoms in total. The number of aliphatic hydroxyl groups is 5. The van der Waals surface area contributed by atoms with Crippen LogP contribution in [-0.4, -0.2) is 95.4 Å². The Labute approximate surface area is 206 Å². The molecule has 0 saturated heterocycles. The van der Waals surface area contributed by atoms with Gasteiger partial charge in [-0.2, -0.15) is 0 Å². The van der Waals surface area contributed by atoms with E-state index in [0.29, 0.717) is 9.13 Å². The van der Waals surface area contributed by atoms with Gasteiger partial charge in [0.2, 0.25) is 0 Å². The van der Waals surface area contributed by atoms with E-state index in [0.717, 1.165) is 4.90 Å². The largest absolute Gasteiger partial charge is 0.394 e. The van der Waals surface area contributed by atoms with Gasteiger partial charge in [-0.15, -0.1) is 0 Å². The van der Waals surface area contributed by atoms with Crippen molar-refractivity contribution in [1.29, 1.82) is 0 Å². The summed E-state index contributed by atoms with van der Waals surface area (Å²) < 4.78 is 0.604. The summed E-state index contributed by atoms with van der Waals surface area (Å²) in [6.45, 7) is -0.783. The first-order valence-electron chi connectivity index (χ1n) is 9.04. The van der Waals surface area contributed by atoms with Crippen LogP contribution in [0.5, 0.6) is 0 Å². The maximum absolute atomic E-state index is 12.9. The van der Waals surface area contributed by atoms with Gasteiger partial charge in [0.15, 0.2) is 0 Å². The molecule has 13 heteroatoms. The van der Waals surface area contributed by atoms with Crippen LogP contribution in [0.15, 0.2) is 0 Å². The zero-order chi connectivity index (χ0) is 23.9. The predicted molar refractivity (Wildman–Crippen MR) is 128 cm³/mol. The number of amides is 3. The topological polar surface area (TPSA) is 180 Å². The lowest BCUT2D eigenvalue weighted by Crippen LogP contribution is -2.38. The first-order valence-corrected chi connectivity index (χ1v) is 11.2. The average molecular weight is 665 g/mol. The summed E-state index contributed by atoms with van der Waals surface area (Å²) in [6.07, 6.45) is -2.35. The molecule has 0 spiro atoms. The van der Waals surface area contributed by atoms with Crippen LogP contribution in [0, 0.1) is 14.1 Å². The third kappa shape index (κ3) is 6.93. The standard InChI is InChI=1S/C18H25I2N3O8/c1-8-12(17(30)21-3-9(27)5-24)14(19)13(18(31)22-4-10(28)6-25)15(20)16(8)23(2)11(29)7-26/h9-10,24-28H,3-7H2,1-2H3,(H,21,30)(H,22,31). The lowest BCUT2D eigenvalue weighted by molar-refractivity contribution is -0.121. The van der Waals surface area contributed by atoms with E-state index in [4.69, 9.17) is 10.2 Å². The van der Waals surface area contributed by atoms with Crippen molar-refractivity contribution < 1.29 is 39.9 Å². The Kier molecular flexibility index (Phi) is 11.5. The minimum Gasteiger partial charge on any atom is -0.394 e. The van der Waals surface area contributed by atoms with Gasteiger partial charge in [-0.25, -0.2) is 0 Å². The van der Waals surface area contributed by atoms with Crippen molar-refractivity contribution >= 4 is 68.6 Å². The second-order valence-corrected chi connectivity index (χ2v) is 8.71. The Hall–Kier alpha value is -1.11. The van der Waals surface area contributed by atoms with Gasteiger partial charge in [0, 0.05) is 23.7 Å². The van der Waals surface area contributed by atoms with Gasteiger partial charge < -0.3 is 41.1 Å². The summed E-state index contributed by atoms with van der Waals surface area (Å²) in [5.41, 5.74) is 0.741. The third-order valence-electron chi connectivity index (χ3n) is 4.31. The molecule has 0 bridgehead atoms. The average Bonchev–Trinajstić information content (AvgIpc) is 2.74. The normalized spacial score (nSPS) is 12.8. The highest BCUT2D eigenvalue weighted by Crippen LogP contribution is 2.36. The molecule has 2 atom stereocenters. The second-order valence-electron chi connectivity index (χ2n) is 6.56. The fourth-order valence-corrected chi connectivity index (χ4v) is 5.57. The molecule has 1 aromatic rings. The first kappa shape index (κ1) is 27.9.